The van der Waals surface area contributed by atoms with Crippen molar-refractivity contribution >= 4 is 28.8 Å². The third kappa shape index (κ3) is 1.46. The maximum Gasteiger partial charge on any atom is 0.146 e. The summed E-state index contributed by atoms with van der Waals surface area (Å²) < 4.78 is 2.26. The molecule has 0 amide bonds. The molecule has 0 aliphatic heterocycles. The summed E-state index contributed by atoms with van der Waals surface area (Å²) in [7, 11) is 0. The molecule has 100 valence electrons. The second-order valence-electron chi connectivity index (χ2n) is 5.40. The molecule has 0 spiro atoms. The van der Waals surface area contributed by atoms with E-state index < -0.39 is 0 Å². The number of nitrogens with zero attached hydrogens (tertiary/aromatic N) is 3. The first kappa shape index (κ1) is 11.6. The molecule has 0 unspecified atom stereocenters. The highest BCUT2D eigenvalue weighted by atomic mass is 15.1. The van der Waals surface area contributed by atoms with Crippen LogP contribution in [0.5, 0.6) is 0 Å². The highest BCUT2D eigenvalue weighted by molar-refractivity contribution is 5.81. The van der Waals surface area contributed by atoms with Crippen LogP contribution in [0.4, 0.5) is 0 Å². The molecule has 3 nitrogen and oxygen atoms in total. The van der Waals surface area contributed by atoms with Gasteiger partial charge in [-0.05, 0) is 44.0 Å². The van der Waals surface area contributed by atoms with Crippen molar-refractivity contribution in [2.45, 2.75) is 32.6 Å². The number of aromatic nitrogens is 3. The molecule has 4 rings (SSSR count). The number of hydrogen-bond acceptors (Lipinski definition) is 2. The van der Waals surface area contributed by atoms with E-state index in [1.54, 1.807) is 0 Å². The summed E-state index contributed by atoms with van der Waals surface area (Å²) in [4.78, 5) is 9.31. The van der Waals surface area contributed by atoms with Crippen LogP contribution in [0.3, 0.4) is 0 Å². The average molecular weight is 263 g/mol. The van der Waals surface area contributed by atoms with Crippen LogP contribution in [-0.4, -0.2) is 14.4 Å². The summed E-state index contributed by atoms with van der Waals surface area (Å²) in [5.41, 5.74) is 3.38. The molecule has 3 heterocycles. The van der Waals surface area contributed by atoms with E-state index >= 15 is 0 Å². The number of hydrogen-bond donors (Lipinski definition) is 0. The molecule has 1 saturated carbocycles. The topological polar surface area (TPSA) is 30.2 Å². The molecule has 0 atom stereocenters. The molecule has 0 aromatic carbocycles. The van der Waals surface area contributed by atoms with Crippen LogP contribution in [-0.2, 0) is 0 Å². The Labute approximate surface area is 117 Å². The van der Waals surface area contributed by atoms with Crippen molar-refractivity contribution in [1.82, 2.24) is 14.4 Å². The predicted molar refractivity (Wildman–Crippen MR) is 82.0 cm³/mol. The monoisotopic (exact) mass is 263 g/mol. The number of rotatable bonds is 1. The van der Waals surface area contributed by atoms with Crippen LogP contribution < -0.4 is 10.4 Å². The van der Waals surface area contributed by atoms with Gasteiger partial charge in [-0.25, -0.2) is 9.97 Å². The van der Waals surface area contributed by atoms with Gasteiger partial charge in [-0.2, -0.15) is 0 Å². The van der Waals surface area contributed by atoms with Crippen LogP contribution in [0.25, 0.3) is 28.8 Å². The number of pyridine rings is 2. The van der Waals surface area contributed by atoms with Crippen molar-refractivity contribution in [3.8, 4) is 0 Å². The lowest BCUT2D eigenvalue weighted by atomic mass is 10.1. The van der Waals surface area contributed by atoms with E-state index in [2.05, 4.69) is 46.4 Å². The first-order valence-electron chi connectivity index (χ1n) is 7.22. The standard InChI is InChI=1S/C17H17N3/c1-3-12-13(4-2)16-19-10-15(11-7-8-11)20(16)17-14(12)6-5-9-18-17/h3-6,9-11H,7-8H2,1-2H3/b12-3+,13-4+. The SMILES string of the molecule is C/C=c1\c(=C/C)c2ncc(C3CC3)n2c2ncccc12. The molecule has 3 aromatic heterocycles. The van der Waals surface area contributed by atoms with E-state index in [1.165, 1.54) is 34.4 Å². The predicted octanol–water partition coefficient (Wildman–Crippen LogP) is 2.36. The lowest BCUT2D eigenvalue weighted by molar-refractivity contribution is 0.993. The van der Waals surface area contributed by atoms with Gasteiger partial charge < -0.3 is 0 Å². The van der Waals surface area contributed by atoms with Gasteiger partial charge in [0, 0.05) is 34.6 Å². The molecular weight excluding hydrogens is 246 g/mol. The third-order valence-corrected chi connectivity index (χ3v) is 4.18. The molecule has 1 fully saturated rings. The van der Waals surface area contributed by atoms with Crippen LogP contribution in [0, 0.1) is 0 Å². The average Bonchev–Trinajstić information content (AvgIpc) is 3.24. The molecule has 20 heavy (non-hydrogen) atoms. The summed E-state index contributed by atoms with van der Waals surface area (Å²) >= 11 is 0. The highest BCUT2D eigenvalue weighted by Gasteiger charge is 2.27. The van der Waals surface area contributed by atoms with E-state index in [-0.39, 0.29) is 0 Å². The Morgan fingerprint density at radius 2 is 1.90 bits per heavy atom. The Bertz CT molecular complexity index is 930. The normalized spacial score (nSPS) is 17.5. The Hall–Kier alpha value is -2.16. The second kappa shape index (κ2) is 4.17. The molecule has 0 saturated heterocycles. The zero-order chi connectivity index (χ0) is 13.7. The minimum absolute atomic E-state index is 0.663. The second-order valence-corrected chi connectivity index (χ2v) is 5.40. The molecule has 0 bridgehead atoms. The molecular formula is C17H17N3. The molecule has 1 aliphatic carbocycles. The van der Waals surface area contributed by atoms with Crippen molar-refractivity contribution in [3.63, 3.8) is 0 Å². The zero-order valence-corrected chi connectivity index (χ0v) is 11.8. The fourth-order valence-corrected chi connectivity index (χ4v) is 3.09. The van der Waals surface area contributed by atoms with Gasteiger partial charge in [0.25, 0.3) is 0 Å². The maximum atomic E-state index is 4.68. The Morgan fingerprint density at radius 3 is 2.60 bits per heavy atom. The van der Waals surface area contributed by atoms with Gasteiger partial charge >= 0.3 is 0 Å². The molecule has 3 aromatic rings. The fourth-order valence-electron chi connectivity index (χ4n) is 3.09. The smallest absolute Gasteiger partial charge is 0.146 e. The summed E-state index contributed by atoms with van der Waals surface area (Å²) in [6.07, 6.45) is 10.8. The largest absolute Gasteiger partial charge is 0.280 e. The quantitative estimate of drug-likeness (QED) is 0.674. The van der Waals surface area contributed by atoms with E-state index in [1.807, 2.05) is 18.5 Å². The molecule has 3 heteroatoms. The number of imidazole rings is 1. The van der Waals surface area contributed by atoms with Crippen LogP contribution >= 0.6 is 0 Å². The first-order valence-corrected chi connectivity index (χ1v) is 7.22. The van der Waals surface area contributed by atoms with E-state index in [9.17, 15) is 0 Å². The van der Waals surface area contributed by atoms with E-state index in [0.29, 0.717) is 5.92 Å². The Kier molecular flexibility index (Phi) is 2.43. The highest BCUT2D eigenvalue weighted by Crippen LogP contribution is 2.40. The molecule has 0 N–H and O–H groups in total. The van der Waals surface area contributed by atoms with Gasteiger partial charge in [-0.15, -0.1) is 0 Å². The maximum absolute atomic E-state index is 4.68. The van der Waals surface area contributed by atoms with Crippen LogP contribution in [0.1, 0.15) is 38.3 Å². The van der Waals surface area contributed by atoms with Gasteiger partial charge in [0.15, 0.2) is 0 Å². The fraction of sp³-hybridized carbons (Fsp3) is 0.294. The lowest BCUT2D eigenvalue weighted by Gasteiger charge is -2.07. The zero-order valence-electron chi connectivity index (χ0n) is 11.8. The van der Waals surface area contributed by atoms with Crippen molar-refractivity contribution in [2.24, 2.45) is 0 Å². The molecule has 1 aliphatic rings. The summed E-state index contributed by atoms with van der Waals surface area (Å²) in [5.74, 6) is 0.663. The molecule has 0 radical (unpaired) electrons. The summed E-state index contributed by atoms with van der Waals surface area (Å²) in [6, 6.07) is 4.16. The van der Waals surface area contributed by atoms with Crippen molar-refractivity contribution in [3.05, 3.63) is 40.7 Å². The van der Waals surface area contributed by atoms with Crippen LogP contribution in [0.15, 0.2) is 24.5 Å². The third-order valence-electron chi connectivity index (χ3n) is 4.18. The Morgan fingerprint density at radius 1 is 1.10 bits per heavy atom. The van der Waals surface area contributed by atoms with Gasteiger partial charge in [-0.3, -0.25) is 4.40 Å². The minimum atomic E-state index is 0.663. The van der Waals surface area contributed by atoms with Crippen molar-refractivity contribution in [2.75, 3.05) is 0 Å². The van der Waals surface area contributed by atoms with E-state index in [4.69, 9.17) is 0 Å². The van der Waals surface area contributed by atoms with E-state index in [0.717, 1.165) is 11.3 Å². The number of fused-ring (bicyclic) bond motifs is 3. The summed E-state index contributed by atoms with van der Waals surface area (Å²) in [5, 5.41) is 3.64. The van der Waals surface area contributed by atoms with Gasteiger partial charge in [0.05, 0.1) is 0 Å². The first-order chi connectivity index (χ1) is 9.85. The Balaban J connectivity index is 2.35. The van der Waals surface area contributed by atoms with Gasteiger partial charge in [0.2, 0.25) is 0 Å². The van der Waals surface area contributed by atoms with Gasteiger partial charge in [0.1, 0.15) is 11.3 Å². The van der Waals surface area contributed by atoms with Crippen LogP contribution in [0.2, 0.25) is 0 Å². The summed E-state index contributed by atoms with van der Waals surface area (Å²) in [6.45, 7) is 4.16. The minimum Gasteiger partial charge on any atom is -0.280 e. The van der Waals surface area contributed by atoms with Crippen molar-refractivity contribution in [1.29, 1.82) is 0 Å². The lowest BCUT2D eigenvalue weighted by Crippen LogP contribution is -2.28. The van der Waals surface area contributed by atoms with Crippen molar-refractivity contribution < 1.29 is 0 Å². The van der Waals surface area contributed by atoms with Gasteiger partial charge in [-0.1, -0.05) is 12.2 Å².